The highest BCUT2D eigenvalue weighted by Gasteiger charge is 2.14. The van der Waals surface area contributed by atoms with Crippen LogP contribution >= 0.6 is 0 Å². The van der Waals surface area contributed by atoms with Crippen molar-refractivity contribution in [2.75, 3.05) is 11.9 Å². The molecule has 4 N–H and O–H groups in total. The topological polar surface area (TPSA) is 93.3 Å². The van der Waals surface area contributed by atoms with E-state index in [2.05, 4.69) is 15.3 Å². The lowest BCUT2D eigenvalue weighted by atomic mass is 10.0. The number of phenols is 1. The van der Waals surface area contributed by atoms with Gasteiger partial charge in [-0.3, -0.25) is 0 Å². The van der Waals surface area contributed by atoms with E-state index in [0.717, 1.165) is 17.5 Å². The van der Waals surface area contributed by atoms with Crippen molar-refractivity contribution in [1.29, 1.82) is 0 Å². The second-order valence-electron chi connectivity index (χ2n) is 7.96. The molecule has 7 heteroatoms. The zero-order valence-electron chi connectivity index (χ0n) is 18.9. The number of aromatic hydroxyl groups is 1. The van der Waals surface area contributed by atoms with Crippen LogP contribution in [0.2, 0.25) is 0 Å². The Balaban J connectivity index is 1.64. The van der Waals surface area contributed by atoms with Gasteiger partial charge in [0.1, 0.15) is 29.7 Å². The van der Waals surface area contributed by atoms with Crippen LogP contribution in [0, 0.1) is 5.82 Å². The molecule has 0 fully saturated rings. The Morgan fingerprint density at radius 2 is 1.85 bits per heavy atom. The molecule has 0 aliphatic heterocycles. The van der Waals surface area contributed by atoms with Crippen LogP contribution in [0.4, 0.5) is 10.2 Å². The van der Waals surface area contributed by atoms with E-state index in [0.29, 0.717) is 41.7 Å². The number of nitrogens with zero attached hydrogens (tertiary/aromatic N) is 2. The molecule has 0 spiro atoms. The fraction of sp³-hybridized carbons (Fsp3) is 0.185. The SMILES string of the molecule is CCC(N)CNc1ccnc(-c2cc(-c3ccc(F)cc3OCc3ccccc3)ccc2O)n1. The molecule has 0 saturated carbocycles. The van der Waals surface area contributed by atoms with Gasteiger partial charge in [-0.05, 0) is 47.9 Å². The molecule has 3 aromatic carbocycles. The maximum absolute atomic E-state index is 14.0. The van der Waals surface area contributed by atoms with Crippen LogP contribution in [0.3, 0.4) is 0 Å². The Bertz CT molecular complexity index is 1250. The molecule has 0 aliphatic carbocycles. The fourth-order valence-electron chi connectivity index (χ4n) is 3.44. The number of phenolic OH excluding ortho intramolecular Hbond substituents is 1. The van der Waals surface area contributed by atoms with Gasteiger partial charge in [0.15, 0.2) is 5.82 Å². The molecule has 4 rings (SSSR count). The number of nitrogens with one attached hydrogen (secondary N) is 1. The highest BCUT2D eigenvalue weighted by molar-refractivity contribution is 5.77. The average molecular weight is 459 g/mol. The van der Waals surface area contributed by atoms with Crippen molar-refractivity contribution in [3.8, 4) is 34.0 Å². The molecule has 0 amide bonds. The molecule has 1 atom stereocenters. The highest BCUT2D eigenvalue weighted by Crippen LogP contribution is 2.36. The van der Waals surface area contributed by atoms with Gasteiger partial charge < -0.3 is 20.9 Å². The third kappa shape index (κ3) is 5.68. The van der Waals surface area contributed by atoms with Gasteiger partial charge in [0.25, 0.3) is 0 Å². The first-order chi connectivity index (χ1) is 16.5. The molecule has 34 heavy (non-hydrogen) atoms. The van der Waals surface area contributed by atoms with Gasteiger partial charge in [-0.1, -0.05) is 43.3 Å². The van der Waals surface area contributed by atoms with Crippen molar-refractivity contribution < 1.29 is 14.2 Å². The Morgan fingerprint density at radius 1 is 1.03 bits per heavy atom. The second-order valence-corrected chi connectivity index (χ2v) is 7.96. The summed E-state index contributed by atoms with van der Waals surface area (Å²) in [6.07, 6.45) is 2.47. The van der Waals surface area contributed by atoms with Gasteiger partial charge in [-0.25, -0.2) is 14.4 Å². The first-order valence-corrected chi connectivity index (χ1v) is 11.2. The van der Waals surface area contributed by atoms with Crippen LogP contribution in [0.15, 0.2) is 79.0 Å². The lowest BCUT2D eigenvalue weighted by molar-refractivity contribution is 0.306. The number of hydrogen-bond acceptors (Lipinski definition) is 6. The smallest absolute Gasteiger partial charge is 0.165 e. The van der Waals surface area contributed by atoms with Gasteiger partial charge in [0.05, 0.1) is 5.56 Å². The first-order valence-electron chi connectivity index (χ1n) is 11.2. The summed E-state index contributed by atoms with van der Waals surface area (Å²) in [5.74, 6) is 1.04. The molecule has 1 aromatic heterocycles. The van der Waals surface area contributed by atoms with E-state index >= 15 is 0 Å². The van der Waals surface area contributed by atoms with Gasteiger partial charge in [-0.15, -0.1) is 0 Å². The number of hydrogen-bond donors (Lipinski definition) is 3. The summed E-state index contributed by atoms with van der Waals surface area (Å²) in [5.41, 5.74) is 8.85. The molecule has 0 bridgehead atoms. The molecule has 0 radical (unpaired) electrons. The van der Waals surface area contributed by atoms with Crippen molar-refractivity contribution in [3.63, 3.8) is 0 Å². The predicted octanol–water partition coefficient (Wildman–Crippen LogP) is 5.38. The minimum atomic E-state index is -0.391. The molecule has 0 saturated heterocycles. The maximum Gasteiger partial charge on any atom is 0.165 e. The summed E-state index contributed by atoms with van der Waals surface area (Å²) in [5, 5.41) is 13.7. The zero-order valence-corrected chi connectivity index (χ0v) is 18.9. The normalized spacial score (nSPS) is 11.7. The molecule has 1 unspecified atom stereocenters. The molecule has 0 aliphatic rings. The summed E-state index contributed by atoms with van der Waals surface area (Å²) >= 11 is 0. The Morgan fingerprint density at radius 3 is 2.65 bits per heavy atom. The summed E-state index contributed by atoms with van der Waals surface area (Å²) in [4.78, 5) is 8.86. The van der Waals surface area contributed by atoms with Crippen molar-refractivity contribution in [1.82, 2.24) is 9.97 Å². The zero-order chi connectivity index (χ0) is 23.9. The van der Waals surface area contributed by atoms with Crippen molar-refractivity contribution in [2.45, 2.75) is 26.0 Å². The summed E-state index contributed by atoms with van der Waals surface area (Å²) in [6, 6.07) is 21.0. The van der Waals surface area contributed by atoms with Gasteiger partial charge in [-0.2, -0.15) is 0 Å². The van der Waals surface area contributed by atoms with E-state index in [-0.39, 0.29) is 11.8 Å². The van der Waals surface area contributed by atoms with Crippen molar-refractivity contribution in [2.24, 2.45) is 5.73 Å². The average Bonchev–Trinajstić information content (AvgIpc) is 2.87. The minimum Gasteiger partial charge on any atom is -0.507 e. The number of nitrogens with two attached hydrogens (primary N) is 1. The second kappa shape index (κ2) is 10.8. The fourth-order valence-corrected chi connectivity index (χ4v) is 3.44. The third-order valence-corrected chi connectivity index (χ3v) is 5.45. The number of anilines is 1. The van der Waals surface area contributed by atoms with E-state index in [1.807, 2.05) is 37.3 Å². The van der Waals surface area contributed by atoms with Crippen LogP contribution in [0.1, 0.15) is 18.9 Å². The molecule has 1 heterocycles. The lowest BCUT2D eigenvalue weighted by Crippen LogP contribution is -2.28. The third-order valence-electron chi connectivity index (χ3n) is 5.45. The molecule has 174 valence electrons. The van der Waals surface area contributed by atoms with Crippen LogP contribution in [-0.2, 0) is 6.61 Å². The Hall–Kier alpha value is -3.97. The number of halogens is 1. The van der Waals surface area contributed by atoms with Crippen molar-refractivity contribution in [3.05, 3.63) is 90.4 Å². The Labute approximate surface area is 198 Å². The van der Waals surface area contributed by atoms with E-state index in [1.54, 1.807) is 36.5 Å². The van der Waals surface area contributed by atoms with Gasteiger partial charge in [0.2, 0.25) is 0 Å². The van der Waals surface area contributed by atoms with Gasteiger partial charge in [0, 0.05) is 30.4 Å². The van der Waals surface area contributed by atoms with Gasteiger partial charge >= 0.3 is 0 Å². The molecule has 4 aromatic rings. The van der Waals surface area contributed by atoms with E-state index in [1.165, 1.54) is 12.1 Å². The monoisotopic (exact) mass is 458 g/mol. The number of ether oxygens (including phenoxy) is 1. The highest BCUT2D eigenvalue weighted by atomic mass is 19.1. The van der Waals surface area contributed by atoms with Crippen LogP contribution in [-0.4, -0.2) is 27.7 Å². The molecular weight excluding hydrogens is 431 g/mol. The van der Waals surface area contributed by atoms with E-state index in [4.69, 9.17) is 10.5 Å². The lowest BCUT2D eigenvalue weighted by Gasteiger charge is -2.14. The summed E-state index contributed by atoms with van der Waals surface area (Å²) in [6.45, 7) is 2.91. The first kappa shape index (κ1) is 23.2. The maximum atomic E-state index is 14.0. The van der Waals surface area contributed by atoms with Crippen LogP contribution in [0.25, 0.3) is 22.5 Å². The summed E-state index contributed by atoms with van der Waals surface area (Å²) in [7, 11) is 0. The number of rotatable bonds is 9. The van der Waals surface area contributed by atoms with Crippen LogP contribution in [0.5, 0.6) is 11.5 Å². The Kier molecular flexibility index (Phi) is 7.34. The minimum absolute atomic E-state index is 0.0166. The number of aromatic nitrogens is 2. The standard InChI is InChI=1S/C27H27FN4O2/c1-2-21(29)16-31-26-12-13-30-27(32-26)23-14-19(8-11-24(23)33)22-10-9-20(28)15-25(22)34-17-18-6-4-3-5-7-18/h3-15,21,33H,2,16-17,29H2,1H3,(H,30,31,32). The predicted molar refractivity (Wildman–Crippen MR) is 132 cm³/mol. The molecular formula is C27H27FN4O2. The van der Waals surface area contributed by atoms with E-state index in [9.17, 15) is 9.50 Å². The number of benzene rings is 3. The quantitative estimate of drug-likeness (QED) is 0.312. The van der Waals surface area contributed by atoms with E-state index < -0.39 is 5.82 Å². The summed E-state index contributed by atoms with van der Waals surface area (Å²) < 4.78 is 20.0. The van der Waals surface area contributed by atoms with Crippen LogP contribution < -0.4 is 15.8 Å². The molecule has 6 nitrogen and oxygen atoms in total. The largest absolute Gasteiger partial charge is 0.507 e. The van der Waals surface area contributed by atoms with Crippen molar-refractivity contribution >= 4 is 5.82 Å².